The first-order valence-electron chi connectivity index (χ1n) is 9.78. The van der Waals surface area contributed by atoms with E-state index in [4.69, 9.17) is 9.15 Å². The normalized spacial score (nSPS) is 24.9. The average Bonchev–Trinajstić information content (AvgIpc) is 3.13. The van der Waals surface area contributed by atoms with Crippen LogP contribution in [-0.4, -0.2) is 36.1 Å². The molecule has 144 valence electrons. The predicted octanol–water partition coefficient (Wildman–Crippen LogP) is 3.26. The smallest absolute Gasteiger partial charge is 0.324 e. The lowest BCUT2D eigenvalue weighted by Gasteiger charge is -2.39. The van der Waals surface area contributed by atoms with Gasteiger partial charge in [-0.15, -0.1) is 0 Å². The van der Waals surface area contributed by atoms with E-state index < -0.39 is 5.92 Å². The molecule has 28 heavy (non-hydrogen) atoms. The molecule has 3 heterocycles. The fourth-order valence-corrected chi connectivity index (χ4v) is 4.08. The highest BCUT2D eigenvalue weighted by Gasteiger charge is 2.34. The van der Waals surface area contributed by atoms with E-state index in [1.54, 1.807) is 0 Å². The van der Waals surface area contributed by atoms with Crippen molar-refractivity contribution < 1.29 is 13.9 Å². The maximum atomic E-state index is 12.7. The second kappa shape index (κ2) is 6.63. The molecule has 1 fully saturated rings. The molecule has 0 radical (unpaired) electrons. The summed E-state index contributed by atoms with van der Waals surface area (Å²) in [7, 11) is 0. The number of carbonyl (C=O) groups excluding carboxylic acids is 1. The lowest BCUT2D eigenvalue weighted by molar-refractivity contribution is -0.137. The first-order chi connectivity index (χ1) is 13.6. The number of fused-ring (bicyclic) bond motifs is 2. The van der Waals surface area contributed by atoms with Gasteiger partial charge in [0.05, 0.1) is 0 Å². The van der Waals surface area contributed by atoms with Gasteiger partial charge in [-0.1, -0.05) is 18.2 Å². The zero-order valence-electron chi connectivity index (χ0n) is 16.0. The van der Waals surface area contributed by atoms with Gasteiger partial charge >= 0.3 is 5.97 Å². The number of ether oxygens (including phenoxy) is 1. The number of anilines is 1. The molecule has 3 atom stereocenters. The van der Waals surface area contributed by atoms with Gasteiger partial charge in [-0.2, -0.15) is 0 Å². The highest BCUT2D eigenvalue weighted by atomic mass is 16.5. The van der Waals surface area contributed by atoms with E-state index in [0.717, 1.165) is 29.9 Å². The van der Waals surface area contributed by atoms with Crippen LogP contribution in [0.25, 0.3) is 11.1 Å². The number of oxazole rings is 1. The van der Waals surface area contributed by atoms with Crippen LogP contribution in [0.3, 0.4) is 0 Å². The Bertz CT molecular complexity index is 1010. The summed E-state index contributed by atoms with van der Waals surface area (Å²) in [4.78, 5) is 19.5. The first-order valence-corrected chi connectivity index (χ1v) is 9.78. The Labute approximate surface area is 163 Å². The van der Waals surface area contributed by atoms with Crippen molar-refractivity contribution in [1.29, 1.82) is 0 Å². The van der Waals surface area contributed by atoms with Crippen molar-refractivity contribution in [3.8, 4) is 5.75 Å². The molecule has 1 N–H and O–H groups in total. The van der Waals surface area contributed by atoms with Crippen LogP contribution in [0.15, 0.2) is 46.9 Å². The third-order valence-corrected chi connectivity index (χ3v) is 5.67. The van der Waals surface area contributed by atoms with Crippen LogP contribution < -0.4 is 15.0 Å². The largest absolute Gasteiger partial charge is 0.440 e. The average molecular weight is 377 g/mol. The molecule has 0 amide bonds. The second-order valence-electron chi connectivity index (χ2n) is 7.80. The van der Waals surface area contributed by atoms with Gasteiger partial charge in [0, 0.05) is 36.9 Å². The fourth-order valence-electron chi connectivity index (χ4n) is 4.08. The van der Waals surface area contributed by atoms with Crippen LogP contribution in [0.5, 0.6) is 5.75 Å². The number of benzene rings is 2. The van der Waals surface area contributed by atoms with Gasteiger partial charge in [0.2, 0.25) is 5.89 Å². The van der Waals surface area contributed by atoms with E-state index in [1.165, 1.54) is 0 Å². The number of piperazine rings is 1. The summed E-state index contributed by atoms with van der Waals surface area (Å²) in [5.41, 5.74) is 3.54. The SMILES string of the molecule is CC1CN(c2ccc3c(c2)OC(=O)C(c2nc4ccccc4o2)C3)C(C)CN1. The summed E-state index contributed by atoms with van der Waals surface area (Å²) in [6, 6.07) is 14.5. The Hall–Kier alpha value is -2.86. The van der Waals surface area contributed by atoms with Crippen molar-refractivity contribution in [2.75, 3.05) is 18.0 Å². The maximum Gasteiger partial charge on any atom is 0.324 e. The molecule has 1 saturated heterocycles. The van der Waals surface area contributed by atoms with Gasteiger partial charge in [0.15, 0.2) is 5.58 Å². The van der Waals surface area contributed by atoms with Crippen molar-refractivity contribution in [1.82, 2.24) is 10.3 Å². The first kappa shape index (κ1) is 17.3. The van der Waals surface area contributed by atoms with Crippen LogP contribution in [0.4, 0.5) is 5.69 Å². The van der Waals surface area contributed by atoms with Crippen LogP contribution >= 0.6 is 0 Å². The summed E-state index contributed by atoms with van der Waals surface area (Å²) in [6.45, 7) is 6.26. The minimum atomic E-state index is -0.510. The Morgan fingerprint density at radius 2 is 2.04 bits per heavy atom. The molecular weight excluding hydrogens is 354 g/mol. The number of aromatic nitrogens is 1. The van der Waals surface area contributed by atoms with Crippen molar-refractivity contribution in [3.05, 3.63) is 53.9 Å². The molecule has 1 aromatic heterocycles. The van der Waals surface area contributed by atoms with Crippen LogP contribution in [0, 0.1) is 0 Å². The topological polar surface area (TPSA) is 67.6 Å². The van der Waals surface area contributed by atoms with E-state index in [-0.39, 0.29) is 5.97 Å². The summed E-state index contributed by atoms with van der Waals surface area (Å²) >= 11 is 0. The quantitative estimate of drug-likeness (QED) is 0.546. The maximum absolute atomic E-state index is 12.7. The third-order valence-electron chi connectivity index (χ3n) is 5.67. The Morgan fingerprint density at radius 1 is 1.18 bits per heavy atom. The number of esters is 1. The summed E-state index contributed by atoms with van der Waals surface area (Å²) in [6.07, 6.45) is 0.536. The van der Waals surface area contributed by atoms with Gasteiger partial charge in [0.25, 0.3) is 0 Å². The zero-order chi connectivity index (χ0) is 19.3. The van der Waals surface area contributed by atoms with Crippen molar-refractivity contribution in [3.63, 3.8) is 0 Å². The minimum Gasteiger partial charge on any atom is -0.440 e. The van der Waals surface area contributed by atoms with E-state index in [0.29, 0.717) is 35.7 Å². The highest BCUT2D eigenvalue weighted by molar-refractivity contribution is 5.83. The molecule has 2 aliphatic rings. The molecule has 0 bridgehead atoms. The molecule has 2 aromatic carbocycles. The van der Waals surface area contributed by atoms with E-state index in [1.807, 2.05) is 30.3 Å². The number of hydrogen-bond donors (Lipinski definition) is 1. The van der Waals surface area contributed by atoms with Gasteiger partial charge in [-0.25, -0.2) is 4.98 Å². The van der Waals surface area contributed by atoms with Gasteiger partial charge in [0.1, 0.15) is 17.2 Å². The molecule has 0 saturated carbocycles. The summed E-state index contributed by atoms with van der Waals surface area (Å²) in [5.74, 6) is 0.251. The standard InChI is InChI=1S/C22H23N3O3/c1-13-12-25(14(2)11-23-13)16-8-7-15-9-17(22(26)28-20(15)10-16)21-24-18-5-3-4-6-19(18)27-21/h3-8,10,13-14,17,23H,9,11-12H2,1-2H3. The van der Waals surface area contributed by atoms with Gasteiger partial charge in [-0.3, -0.25) is 4.79 Å². The molecular formula is C22H23N3O3. The number of rotatable bonds is 2. The van der Waals surface area contributed by atoms with Crippen molar-refractivity contribution >= 4 is 22.8 Å². The molecule has 6 nitrogen and oxygen atoms in total. The number of carbonyl (C=O) groups is 1. The van der Waals surface area contributed by atoms with Crippen LogP contribution in [0.2, 0.25) is 0 Å². The Morgan fingerprint density at radius 3 is 2.89 bits per heavy atom. The number of nitrogens with one attached hydrogen (secondary N) is 1. The fraction of sp³-hybridized carbons (Fsp3) is 0.364. The molecule has 0 aliphatic carbocycles. The second-order valence-corrected chi connectivity index (χ2v) is 7.80. The van der Waals surface area contributed by atoms with E-state index >= 15 is 0 Å². The van der Waals surface area contributed by atoms with E-state index in [2.05, 4.69) is 41.2 Å². The monoisotopic (exact) mass is 377 g/mol. The molecule has 2 aliphatic heterocycles. The van der Waals surface area contributed by atoms with Crippen molar-refractivity contribution in [2.45, 2.75) is 38.3 Å². The predicted molar refractivity (Wildman–Crippen MR) is 107 cm³/mol. The lowest BCUT2D eigenvalue weighted by atomic mass is 9.95. The molecule has 5 rings (SSSR count). The minimum absolute atomic E-state index is 0.307. The summed E-state index contributed by atoms with van der Waals surface area (Å²) < 4.78 is 11.5. The highest BCUT2D eigenvalue weighted by Crippen LogP contribution is 2.37. The molecule has 3 unspecified atom stereocenters. The molecule has 0 spiro atoms. The molecule has 3 aromatic rings. The Kier molecular flexibility index (Phi) is 4.09. The third kappa shape index (κ3) is 2.94. The number of hydrogen-bond acceptors (Lipinski definition) is 6. The van der Waals surface area contributed by atoms with Crippen molar-refractivity contribution in [2.24, 2.45) is 0 Å². The number of nitrogens with zero attached hydrogens (tertiary/aromatic N) is 2. The Balaban J connectivity index is 1.43. The van der Waals surface area contributed by atoms with E-state index in [9.17, 15) is 4.79 Å². The zero-order valence-corrected chi connectivity index (χ0v) is 16.0. The number of para-hydroxylation sites is 2. The van der Waals surface area contributed by atoms with Crippen LogP contribution in [-0.2, 0) is 11.2 Å². The lowest BCUT2D eigenvalue weighted by Crippen LogP contribution is -2.54. The van der Waals surface area contributed by atoms with Gasteiger partial charge in [-0.05, 0) is 44.0 Å². The van der Waals surface area contributed by atoms with Gasteiger partial charge < -0.3 is 19.4 Å². The molecule has 6 heteroatoms. The summed E-state index contributed by atoms with van der Waals surface area (Å²) in [5, 5.41) is 3.49. The van der Waals surface area contributed by atoms with Crippen LogP contribution in [0.1, 0.15) is 31.2 Å².